The molecule has 1 aliphatic carbocycles. The van der Waals surface area contributed by atoms with Crippen LogP contribution in [0.3, 0.4) is 0 Å². The summed E-state index contributed by atoms with van der Waals surface area (Å²) in [6.45, 7) is 11.9. The molecule has 52 heavy (non-hydrogen) atoms. The van der Waals surface area contributed by atoms with Gasteiger partial charge in [-0.1, -0.05) is 80.0 Å². The van der Waals surface area contributed by atoms with Gasteiger partial charge in [-0.05, 0) is 117 Å². The van der Waals surface area contributed by atoms with E-state index in [0.29, 0.717) is 36.4 Å². The third-order valence-electron chi connectivity index (χ3n) is 9.47. The van der Waals surface area contributed by atoms with Gasteiger partial charge in [0, 0.05) is 33.1 Å². The third-order valence-corrected chi connectivity index (χ3v) is 9.47. The molecular weight excluding hydrogens is 645 g/mol. The van der Waals surface area contributed by atoms with Crippen molar-refractivity contribution in [2.45, 2.75) is 67.2 Å². The molecule has 0 aliphatic heterocycles. The molecule has 0 atom stereocenters. The summed E-state index contributed by atoms with van der Waals surface area (Å²) in [4.78, 5) is 25.9. The van der Waals surface area contributed by atoms with E-state index in [4.69, 9.17) is 20.9 Å². The molecule has 4 N–H and O–H groups in total. The Labute approximate surface area is 307 Å². The number of fused-ring (bicyclic) bond motifs is 2. The zero-order chi connectivity index (χ0) is 37.4. The number of rotatable bonds is 12. The SMILES string of the molecule is CC#CCOc1ccc(N)c2c(/C(C)=C\C=C3/CC/C(=C\C=C(\N)c4cccc5c(OCCCC)ccc(C)c45)C3=C(C(C)=O)C(C)=O)cccc12. The summed E-state index contributed by atoms with van der Waals surface area (Å²) in [5.74, 6) is 6.84. The largest absolute Gasteiger partial charge is 0.493 e. The molecule has 1 aliphatic rings. The predicted octanol–water partition coefficient (Wildman–Crippen LogP) is 9.99. The number of hydrogen-bond acceptors (Lipinski definition) is 6. The van der Waals surface area contributed by atoms with E-state index in [9.17, 15) is 9.59 Å². The first kappa shape index (κ1) is 37.5. The maximum absolute atomic E-state index is 13.0. The standard InChI is InChI=1S/C46H48N2O4/c1-7-9-27-51-41-25-18-30(4)43-36(14-12-15-37(41)43)39(47)23-22-34-21-20-33(45(34)44(31(5)49)32(6)50)19-17-29(3)35-13-11-16-38-42(52-28-10-8-2)26-24-40(48)46(35)38/h11-19,22-26H,7,9,20-21,27-28,47-48H2,1-6H3/b29-17-,33-19+,34-22+,39-23+. The Bertz CT molecular complexity index is 2250. The molecule has 0 amide bonds. The van der Waals surface area contributed by atoms with Crippen LogP contribution in [0.25, 0.3) is 32.8 Å². The van der Waals surface area contributed by atoms with Crippen molar-refractivity contribution >= 4 is 50.1 Å². The second-order valence-corrected chi connectivity index (χ2v) is 13.1. The molecule has 0 saturated heterocycles. The predicted molar refractivity (Wildman–Crippen MR) is 216 cm³/mol. The van der Waals surface area contributed by atoms with Gasteiger partial charge in [0.1, 0.15) is 18.1 Å². The smallest absolute Gasteiger partial charge is 0.163 e. The fraction of sp³-hybridized carbons (Fsp3) is 0.261. The maximum atomic E-state index is 13.0. The Morgan fingerprint density at radius 3 is 2.08 bits per heavy atom. The highest BCUT2D eigenvalue weighted by molar-refractivity contribution is 6.20. The molecule has 0 bridgehead atoms. The van der Waals surface area contributed by atoms with E-state index in [0.717, 1.165) is 79.3 Å². The van der Waals surface area contributed by atoms with Gasteiger partial charge in [-0.15, -0.1) is 5.92 Å². The van der Waals surface area contributed by atoms with E-state index in [-0.39, 0.29) is 23.7 Å². The number of nitrogens with two attached hydrogens (primary N) is 2. The minimum atomic E-state index is -0.263. The Hall–Kier alpha value is -5.80. The Morgan fingerprint density at radius 1 is 0.808 bits per heavy atom. The molecule has 266 valence electrons. The van der Waals surface area contributed by atoms with Crippen LogP contribution in [0.4, 0.5) is 5.69 Å². The molecule has 0 heterocycles. The first-order valence-electron chi connectivity index (χ1n) is 17.9. The minimum Gasteiger partial charge on any atom is -0.493 e. The summed E-state index contributed by atoms with van der Waals surface area (Å²) in [6, 6.07) is 19.9. The Balaban J connectivity index is 1.56. The van der Waals surface area contributed by atoms with Crippen LogP contribution >= 0.6 is 0 Å². The van der Waals surface area contributed by atoms with Gasteiger partial charge in [0.25, 0.3) is 0 Å². The number of ether oxygens (including phenoxy) is 2. The van der Waals surface area contributed by atoms with E-state index >= 15 is 0 Å². The number of nitrogen functional groups attached to an aromatic ring is 1. The zero-order valence-electron chi connectivity index (χ0n) is 31.1. The van der Waals surface area contributed by atoms with Crippen LogP contribution in [0, 0.1) is 18.8 Å². The number of benzene rings is 4. The molecular formula is C46H48N2O4. The highest BCUT2D eigenvalue weighted by Crippen LogP contribution is 2.40. The van der Waals surface area contributed by atoms with Gasteiger partial charge in [0.2, 0.25) is 0 Å². The molecule has 4 aromatic carbocycles. The molecule has 1 saturated carbocycles. The average Bonchev–Trinajstić information content (AvgIpc) is 3.52. The van der Waals surface area contributed by atoms with Crippen molar-refractivity contribution in [3.63, 3.8) is 0 Å². The number of carbonyl (C=O) groups is 2. The number of unbranched alkanes of at least 4 members (excludes halogenated alkanes) is 1. The van der Waals surface area contributed by atoms with Gasteiger partial charge < -0.3 is 20.9 Å². The van der Waals surface area contributed by atoms with Crippen LogP contribution in [0.15, 0.2) is 107 Å². The number of carbonyl (C=O) groups excluding carboxylic acids is 2. The van der Waals surface area contributed by atoms with Gasteiger partial charge in [-0.25, -0.2) is 0 Å². The summed E-state index contributed by atoms with van der Waals surface area (Å²) < 4.78 is 12.1. The van der Waals surface area contributed by atoms with Crippen LogP contribution in [0.1, 0.15) is 77.0 Å². The van der Waals surface area contributed by atoms with E-state index in [1.807, 2.05) is 79.8 Å². The molecule has 5 rings (SSSR count). The summed E-state index contributed by atoms with van der Waals surface area (Å²) in [6.07, 6.45) is 11.3. The Morgan fingerprint density at radius 2 is 1.42 bits per heavy atom. The van der Waals surface area contributed by atoms with Gasteiger partial charge in [-0.3, -0.25) is 9.59 Å². The number of hydrogen-bond donors (Lipinski definition) is 2. The van der Waals surface area contributed by atoms with Crippen LogP contribution < -0.4 is 20.9 Å². The number of ketones is 2. The molecule has 6 nitrogen and oxygen atoms in total. The van der Waals surface area contributed by atoms with Crippen LogP contribution in [-0.4, -0.2) is 24.8 Å². The highest BCUT2D eigenvalue weighted by Gasteiger charge is 2.27. The summed E-state index contributed by atoms with van der Waals surface area (Å²) in [5.41, 5.74) is 21.2. The second-order valence-electron chi connectivity index (χ2n) is 13.1. The highest BCUT2D eigenvalue weighted by atomic mass is 16.5. The lowest BCUT2D eigenvalue weighted by Crippen LogP contribution is -2.10. The lowest BCUT2D eigenvalue weighted by Gasteiger charge is -2.14. The topological polar surface area (TPSA) is 105 Å². The Kier molecular flexibility index (Phi) is 12.2. The zero-order valence-corrected chi connectivity index (χ0v) is 31.1. The third kappa shape index (κ3) is 8.05. The van der Waals surface area contributed by atoms with Crippen molar-refractivity contribution < 1.29 is 19.1 Å². The molecule has 6 heteroatoms. The molecule has 0 spiro atoms. The molecule has 0 unspecified atom stereocenters. The van der Waals surface area contributed by atoms with Crippen molar-refractivity contribution in [3.05, 3.63) is 124 Å². The van der Waals surface area contributed by atoms with Crippen molar-refractivity contribution in [2.24, 2.45) is 5.73 Å². The fourth-order valence-electron chi connectivity index (χ4n) is 6.87. The van der Waals surface area contributed by atoms with Crippen molar-refractivity contribution in [3.8, 4) is 23.3 Å². The van der Waals surface area contributed by atoms with E-state index in [1.54, 1.807) is 6.92 Å². The second kappa shape index (κ2) is 16.9. The molecule has 1 fully saturated rings. The first-order valence-corrected chi connectivity index (χ1v) is 17.9. The van der Waals surface area contributed by atoms with Gasteiger partial charge in [0.05, 0.1) is 12.2 Å². The molecule has 4 aromatic rings. The fourth-order valence-corrected chi connectivity index (χ4v) is 6.87. The quantitative estimate of drug-likeness (QED) is 0.0383. The number of aryl methyl sites for hydroxylation is 1. The summed E-state index contributed by atoms with van der Waals surface area (Å²) >= 11 is 0. The van der Waals surface area contributed by atoms with Gasteiger partial charge in [-0.2, -0.15) is 0 Å². The van der Waals surface area contributed by atoms with Crippen LogP contribution in [0.5, 0.6) is 11.5 Å². The van der Waals surface area contributed by atoms with E-state index < -0.39 is 0 Å². The maximum Gasteiger partial charge on any atom is 0.163 e. The van der Waals surface area contributed by atoms with Gasteiger partial charge >= 0.3 is 0 Å². The normalized spacial score (nSPS) is 14.9. The van der Waals surface area contributed by atoms with Crippen LogP contribution in [0.2, 0.25) is 0 Å². The lowest BCUT2D eigenvalue weighted by atomic mass is 9.92. The van der Waals surface area contributed by atoms with Crippen LogP contribution in [-0.2, 0) is 9.59 Å². The number of allylic oxidation sites excluding steroid dienone is 9. The van der Waals surface area contributed by atoms with Crippen molar-refractivity contribution in [2.75, 3.05) is 18.9 Å². The summed E-state index contributed by atoms with van der Waals surface area (Å²) in [7, 11) is 0. The van der Waals surface area contributed by atoms with E-state index in [1.165, 1.54) is 13.8 Å². The molecule has 0 radical (unpaired) electrons. The average molecular weight is 693 g/mol. The van der Waals surface area contributed by atoms with Crippen molar-refractivity contribution in [1.82, 2.24) is 0 Å². The monoisotopic (exact) mass is 692 g/mol. The first-order chi connectivity index (χ1) is 25.1. The number of Topliss-reactive ketones (excluding diaryl/α,β-unsaturated/α-hetero) is 2. The lowest BCUT2D eigenvalue weighted by molar-refractivity contribution is -0.119. The molecule has 0 aromatic heterocycles. The van der Waals surface area contributed by atoms with Gasteiger partial charge in [0.15, 0.2) is 11.6 Å². The number of anilines is 1. The van der Waals surface area contributed by atoms with E-state index in [2.05, 4.69) is 37.8 Å². The minimum absolute atomic E-state index is 0.203. The summed E-state index contributed by atoms with van der Waals surface area (Å²) in [5, 5.41) is 3.87. The van der Waals surface area contributed by atoms with Crippen molar-refractivity contribution in [1.29, 1.82) is 0 Å².